The van der Waals surface area contributed by atoms with E-state index in [9.17, 15) is 18.3 Å². The van der Waals surface area contributed by atoms with Crippen molar-refractivity contribution in [2.75, 3.05) is 0 Å². The van der Waals surface area contributed by atoms with Crippen LogP contribution in [0.15, 0.2) is 42.6 Å². The minimum atomic E-state index is -4.73. The Hall–Kier alpha value is -2.03. The van der Waals surface area contributed by atoms with Crippen LogP contribution in [-0.4, -0.2) is 21.3 Å². The standard InChI is InChI=1S/C16H13F3N2O2S/c17-16(18,19)14(22)11-6-12-15(20-7-11)24-13(21-12)9-23-8-10-4-2-1-3-5-10/h1-7,14,22H,8-9H2. The number of hydrogen-bond acceptors (Lipinski definition) is 5. The predicted molar refractivity (Wildman–Crippen MR) is 83.4 cm³/mol. The number of aliphatic hydroxyl groups is 1. The molecular formula is C16H13F3N2O2S. The van der Waals surface area contributed by atoms with Crippen molar-refractivity contribution in [3.8, 4) is 0 Å². The Labute approximate surface area is 139 Å². The molecule has 126 valence electrons. The summed E-state index contributed by atoms with van der Waals surface area (Å²) < 4.78 is 43.2. The molecule has 1 N–H and O–H groups in total. The van der Waals surface area contributed by atoms with E-state index in [0.717, 1.165) is 11.8 Å². The first-order valence-corrected chi connectivity index (χ1v) is 7.87. The molecule has 1 unspecified atom stereocenters. The molecule has 1 atom stereocenters. The molecule has 8 heteroatoms. The van der Waals surface area contributed by atoms with Gasteiger partial charge in [-0.15, -0.1) is 0 Å². The number of pyridine rings is 1. The number of rotatable bonds is 5. The smallest absolute Gasteiger partial charge is 0.379 e. The molecule has 3 rings (SSSR count). The number of fused-ring (bicyclic) bond motifs is 1. The molecule has 0 saturated carbocycles. The van der Waals surface area contributed by atoms with Crippen LogP contribution in [0.4, 0.5) is 13.2 Å². The number of hydrogen-bond donors (Lipinski definition) is 1. The molecule has 0 fully saturated rings. The lowest BCUT2D eigenvalue weighted by molar-refractivity contribution is -0.206. The maximum absolute atomic E-state index is 12.6. The van der Waals surface area contributed by atoms with E-state index in [1.807, 2.05) is 30.3 Å². The van der Waals surface area contributed by atoms with Gasteiger partial charge in [0, 0.05) is 11.8 Å². The van der Waals surface area contributed by atoms with Crippen molar-refractivity contribution in [1.29, 1.82) is 0 Å². The molecule has 0 aliphatic carbocycles. The van der Waals surface area contributed by atoms with Crippen molar-refractivity contribution in [3.05, 3.63) is 58.7 Å². The lowest BCUT2D eigenvalue weighted by atomic mass is 10.1. The molecule has 0 amide bonds. The fourth-order valence-corrected chi connectivity index (χ4v) is 2.94. The third-order valence-corrected chi connectivity index (χ3v) is 4.23. The Morgan fingerprint density at radius 1 is 1.17 bits per heavy atom. The minimum absolute atomic E-state index is 0.243. The van der Waals surface area contributed by atoms with Gasteiger partial charge in [-0.05, 0) is 11.6 Å². The van der Waals surface area contributed by atoms with Crippen molar-refractivity contribution in [3.63, 3.8) is 0 Å². The molecule has 0 aliphatic heterocycles. The van der Waals surface area contributed by atoms with Gasteiger partial charge >= 0.3 is 6.18 Å². The summed E-state index contributed by atoms with van der Waals surface area (Å²) in [7, 11) is 0. The van der Waals surface area contributed by atoms with Crippen molar-refractivity contribution in [2.24, 2.45) is 0 Å². The molecule has 2 heterocycles. The van der Waals surface area contributed by atoms with E-state index in [1.54, 1.807) is 0 Å². The van der Waals surface area contributed by atoms with Crippen molar-refractivity contribution < 1.29 is 23.0 Å². The van der Waals surface area contributed by atoms with E-state index >= 15 is 0 Å². The molecule has 2 aromatic heterocycles. The Bertz CT molecular complexity index is 821. The van der Waals surface area contributed by atoms with Crippen molar-refractivity contribution in [1.82, 2.24) is 9.97 Å². The summed E-state index contributed by atoms with van der Waals surface area (Å²) in [5.74, 6) is 0. The fourth-order valence-electron chi connectivity index (χ4n) is 2.11. The molecule has 0 bridgehead atoms. The molecule has 0 saturated heterocycles. The highest BCUT2D eigenvalue weighted by Crippen LogP contribution is 2.33. The Morgan fingerprint density at radius 2 is 1.92 bits per heavy atom. The van der Waals surface area contributed by atoms with Crippen molar-refractivity contribution >= 4 is 21.7 Å². The lowest BCUT2D eigenvalue weighted by Gasteiger charge is -2.13. The maximum Gasteiger partial charge on any atom is 0.418 e. The quantitative estimate of drug-likeness (QED) is 0.752. The van der Waals surface area contributed by atoms with E-state index in [4.69, 9.17) is 4.74 Å². The fraction of sp³-hybridized carbons (Fsp3) is 0.250. The number of aromatic nitrogens is 2. The Kier molecular flexibility index (Phi) is 4.79. The maximum atomic E-state index is 12.6. The van der Waals surface area contributed by atoms with E-state index < -0.39 is 12.3 Å². The molecule has 0 aliphatic rings. The zero-order valence-electron chi connectivity index (χ0n) is 12.3. The second-order valence-electron chi connectivity index (χ2n) is 5.12. The van der Waals surface area contributed by atoms with Crippen LogP contribution < -0.4 is 0 Å². The minimum Gasteiger partial charge on any atom is -0.379 e. The first kappa shape index (κ1) is 16.8. The molecule has 24 heavy (non-hydrogen) atoms. The summed E-state index contributed by atoms with van der Waals surface area (Å²) in [5.41, 5.74) is 1.02. The first-order chi connectivity index (χ1) is 11.4. The van der Waals surface area contributed by atoms with Crippen LogP contribution in [0.1, 0.15) is 22.2 Å². The highest BCUT2D eigenvalue weighted by molar-refractivity contribution is 7.18. The molecule has 0 radical (unpaired) electrons. The Morgan fingerprint density at radius 3 is 2.62 bits per heavy atom. The van der Waals surface area contributed by atoms with Gasteiger partial charge in [0.05, 0.1) is 13.2 Å². The van der Waals surface area contributed by atoms with Crippen LogP contribution >= 0.6 is 11.3 Å². The zero-order chi connectivity index (χ0) is 17.2. The number of ether oxygens (including phenoxy) is 1. The topological polar surface area (TPSA) is 55.2 Å². The van der Waals surface area contributed by atoms with Gasteiger partial charge in [-0.1, -0.05) is 41.7 Å². The highest BCUT2D eigenvalue weighted by Gasteiger charge is 2.39. The predicted octanol–water partition coefficient (Wildman–Crippen LogP) is 4.00. The molecule has 4 nitrogen and oxygen atoms in total. The number of alkyl halides is 3. The van der Waals surface area contributed by atoms with Crippen LogP contribution in [0.25, 0.3) is 10.3 Å². The average molecular weight is 354 g/mol. The molecule has 3 aromatic rings. The van der Waals surface area contributed by atoms with E-state index in [-0.39, 0.29) is 12.2 Å². The number of thiazole rings is 1. The van der Waals surface area contributed by atoms with Crippen molar-refractivity contribution in [2.45, 2.75) is 25.5 Å². The average Bonchev–Trinajstić information content (AvgIpc) is 2.96. The van der Waals surface area contributed by atoms with Crippen LogP contribution in [0.3, 0.4) is 0 Å². The van der Waals surface area contributed by atoms with Crippen LogP contribution in [0.5, 0.6) is 0 Å². The SMILES string of the molecule is OC(c1cnc2sc(COCc3ccccc3)nc2c1)C(F)(F)F. The normalized spacial score (nSPS) is 13.3. The summed E-state index contributed by atoms with van der Waals surface area (Å²) in [5, 5.41) is 9.89. The third-order valence-electron chi connectivity index (χ3n) is 3.28. The molecule has 0 spiro atoms. The number of nitrogens with zero attached hydrogens (tertiary/aromatic N) is 2. The van der Waals surface area contributed by atoms with Gasteiger partial charge in [-0.3, -0.25) is 0 Å². The summed E-state index contributed by atoms with van der Waals surface area (Å²) in [6.45, 7) is 0.662. The van der Waals surface area contributed by atoms with Gasteiger partial charge in [-0.25, -0.2) is 9.97 Å². The summed E-state index contributed by atoms with van der Waals surface area (Å²) in [6, 6.07) is 10.8. The monoisotopic (exact) mass is 354 g/mol. The summed E-state index contributed by atoms with van der Waals surface area (Å²) in [4.78, 5) is 8.67. The van der Waals surface area contributed by atoms with E-state index in [1.165, 1.54) is 17.4 Å². The largest absolute Gasteiger partial charge is 0.418 e. The molecular weight excluding hydrogens is 341 g/mol. The lowest BCUT2D eigenvalue weighted by Crippen LogP contribution is -2.20. The zero-order valence-corrected chi connectivity index (χ0v) is 13.1. The van der Waals surface area contributed by atoms with Gasteiger partial charge < -0.3 is 9.84 Å². The summed E-state index contributed by atoms with van der Waals surface area (Å²) >= 11 is 1.25. The first-order valence-electron chi connectivity index (χ1n) is 7.05. The number of halogens is 3. The van der Waals surface area contributed by atoms with Gasteiger partial charge in [0.15, 0.2) is 6.10 Å². The van der Waals surface area contributed by atoms with E-state index in [0.29, 0.717) is 22.0 Å². The second kappa shape index (κ2) is 6.84. The third kappa shape index (κ3) is 3.89. The number of aliphatic hydroxyl groups excluding tert-OH is 1. The second-order valence-corrected chi connectivity index (χ2v) is 6.19. The Balaban J connectivity index is 1.69. The van der Waals surface area contributed by atoms with Crippen LogP contribution in [-0.2, 0) is 18.0 Å². The van der Waals surface area contributed by atoms with Gasteiger partial charge in [0.25, 0.3) is 0 Å². The van der Waals surface area contributed by atoms with Gasteiger partial charge in [0.2, 0.25) is 0 Å². The molecule has 1 aromatic carbocycles. The van der Waals surface area contributed by atoms with Crippen LogP contribution in [0.2, 0.25) is 0 Å². The number of benzene rings is 1. The summed E-state index contributed by atoms with van der Waals surface area (Å²) in [6.07, 6.45) is -6.27. The van der Waals surface area contributed by atoms with Crippen LogP contribution in [0, 0.1) is 0 Å². The van der Waals surface area contributed by atoms with Gasteiger partial charge in [-0.2, -0.15) is 13.2 Å². The highest BCUT2D eigenvalue weighted by atomic mass is 32.1. The van der Waals surface area contributed by atoms with Gasteiger partial charge in [0.1, 0.15) is 15.4 Å². The van der Waals surface area contributed by atoms with E-state index in [2.05, 4.69) is 9.97 Å².